The Labute approximate surface area is 274 Å². The van der Waals surface area contributed by atoms with E-state index in [4.69, 9.17) is 9.97 Å². The minimum atomic E-state index is -0.0668. The minimum Gasteiger partial charge on any atom is -0.276 e. The van der Waals surface area contributed by atoms with Gasteiger partial charge in [-0.1, -0.05) is 127 Å². The molecule has 0 aliphatic heterocycles. The topological polar surface area (TPSA) is 52.7 Å². The molecule has 0 spiro atoms. The molecule has 5 heteroatoms. The zero-order chi connectivity index (χ0) is 31.8. The van der Waals surface area contributed by atoms with Crippen molar-refractivity contribution in [2.24, 2.45) is 0 Å². The third-order valence-corrected chi connectivity index (χ3v) is 9.52. The number of pyridine rings is 1. The van der Waals surface area contributed by atoms with E-state index in [-0.39, 0.29) is 5.56 Å². The third-order valence-electron chi connectivity index (χ3n) is 9.52. The van der Waals surface area contributed by atoms with Crippen LogP contribution in [0.4, 0.5) is 0 Å². The van der Waals surface area contributed by atoms with Crippen molar-refractivity contribution in [2.75, 3.05) is 0 Å². The standard InChI is InChI=1S/C43H26N4O/c48-42-33-20-10-9-19-31(33)32-24-25-35-38-30-18-8-7-13-27(30)23-26-37(38)47(41(35)40(32)46(42)29-16-5-2-6-17-29)43-44-36-22-12-11-21-34(36)39(45-43)28-14-3-1-4-15-28/h1-26H. The van der Waals surface area contributed by atoms with Gasteiger partial charge in [-0.2, -0.15) is 0 Å². The molecular formula is C43H26N4O. The smallest absolute Gasteiger partial charge is 0.263 e. The first-order valence-corrected chi connectivity index (χ1v) is 16.1. The Bertz CT molecular complexity index is 2960. The number of benzene rings is 7. The van der Waals surface area contributed by atoms with Crippen LogP contribution in [0.15, 0.2) is 163 Å². The van der Waals surface area contributed by atoms with Crippen molar-refractivity contribution in [3.05, 3.63) is 168 Å². The predicted octanol–water partition coefficient (Wildman–Crippen LogP) is 10.0. The fraction of sp³-hybridized carbons (Fsp3) is 0. The fourth-order valence-corrected chi connectivity index (χ4v) is 7.44. The van der Waals surface area contributed by atoms with Crippen molar-refractivity contribution in [1.29, 1.82) is 0 Å². The molecular weight excluding hydrogens is 589 g/mol. The van der Waals surface area contributed by atoms with Crippen molar-refractivity contribution < 1.29 is 0 Å². The van der Waals surface area contributed by atoms with Crippen molar-refractivity contribution >= 4 is 65.2 Å². The van der Waals surface area contributed by atoms with Crippen molar-refractivity contribution in [2.45, 2.75) is 0 Å². The first-order valence-electron chi connectivity index (χ1n) is 16.1. The van der Waals surface area contributed by atoms with Crippen molar-refractivity contribution in [1.82, 2.24) is 19.1 Å². The highest BCUT2D eigenvalue weighted by atomic mass is 16.1. The van der Waals surface area contributed by atoms with Gasteiger partial charge in [-0.15, -0.1) is 0 Å². The van der Waals surface area contributed by atoms with Crippen LogP contribution in [-0.4, -0.2) is 19.1 Å². The zero-order valence-corrected chi connectivity index (χ0v) is 25.7. The summed E-state index contributed by atoms with van der Waals surface area (Å²) in [5.74, 6) is 0.551. The van der Waals surface area contributed by atoms with Crippen LogP contribution in [-0.2, 0) is 0 Å². The quantitative estimate of drug-likeness (QED) is 0.186. The second-order valence-corrected chi connectivity index (χ2v) is 12.2. The lowest BCUT2D eigenvalue weighted by atomic mass is 10.0. The van der Waals surface area contributed by atoms with Gasteiger partial charge in [0.15, 0.2) is 0 Å². The van der Waals surface area contributed by atoms with Crippen LogP contribution in [0, 0.1) is 0 Å². The summed E-state index contributed by atoms with van der Waals surface area (Å²) in [5, 5.41) is 7.97. The number of hydrogen-bond donors (Lipinski definition) is 0. The van der Waals surface area contributed by atoms with Gasteiger partial charge in [0.1, 0.15) is 0 Å². The molecule has 3 aromatic heterocycles. The molecule has 0 amide bonds. The molecule has 48 heavy (non-hydrogen) atoms. The summed E-state index contributed by atoms with van der Waals surface area (Å²) in [7, 11) is 0. The van der Waals surface area contributed by atoms with Gasteiger partial charge in [0.25, 0.3) is 5.56 Å². The highest BCUT2D eigenvalue weighted by Crippen LogP contribution is 2.41. The molecule has 5 nitrogen and oxygen atoms in total. The van der Waals surface area contributed by atoms with Crippen LogP contribution in [0.25, 0.3) is 88.0 Å². The largest absolute Gasteiger partial charge is 0.276 e. The summed E-state index contributed by atoms with van der Waals surface area (Å²) in [6.45, 7) is 0. The Morgan fingerprint density at radius 2 is 1.06 bits per heavy atom. The maximum absolute atomic E-state index is 14.6. The summed E-state index contributed by atoms with van der Waals surface area (Å²) in [6, 6.07) is 53.4. The molecule has 0 unspecified atom stereocenters. The summed E-state index contributed by atoms with van der Waals surface area (Å²) < 4.78 is 4.04. The number of nitrogens with zero attached hydrogens (tertiary/aromatic N) is 4. The summed E-state index contributed by atoms with van der Waals surface area (Å²) in [5.41, 5.74) is 6.15. The molecule has 10 aromatic rings. The monoisotopic (exact) mass is 614 g/mol. The van der Waals surface area contributed by atoms with E-state index >= 15 is 0 Å². The Balaban J connectivity index is 1.49. The van der Waals surface area contributed by atoms with E-state index in [0.717, 1.165) is 76.7 Å². The Morgan fingerprint density at radius 3 is 1.88 bits per heavy atom. The Hall–Kier alpha value is -6.59. The lowest BCUT2D eigenvalue weighted by Crippen LogP contribution is -2.20. The van der Waals surface area contributed by atoms with Crippen molar-refractivity contribution in [3.8, 4) is 22.9 Å². The van der Waals surface area contributed by atoms with Gasteiger partial charge in [-0.3, -0.25) is 13.9 Å². The van der Waals surface area contributed by atoms with Crippen LogP contribution < -0.4 is 5.56 Å². The molecule has 0 saturated carbocycles. The molecule has 10 rings (SSSR count). The summed E-state index contributed by atoms with van der Waals surface area (Å²) >= 11 is 0. The molecule has 3 heterocycles. The van der Waals surface area contributed by atoms with Crippen LogP contribution in [0.1, 0.15) is 0 Å². The van der Waals surface area contributed by atoms with Gasteiger partial charge in [0, 0.05) is 38.2 Å². The molecule has 0 aliphatic carbocycles. The molecule has 0 radical (unpaired) electrons. The third kappa shape index (κ3) is 3.76. The van der Waals surface area contributed by atoms with E-state index in [1.807, 2.05) is 95.6 Å². The van der Waals surface area contributed by atoms with Crippen LogP contribution in [0.3, 0.4) is 0 Å². The molecule has 224 valence electrons. The average molecular weight is 615 g/mol. The van der Waals surface area contributed by atoms with E-state index < -0.39 is 0 Å². The minimum absolute atomic E-state index is 0.0668. The highest BCUT2D eigenvalue weighted by molar-refractivity contribution is 6.27. The summed E-state index contributed by atoms with van der Waals surface area (Å²) in [4.78, 5) is 25.2. The van der Waals surface area contributed by atoms with Gasteiger partial charge in [0.05, 0.1) is 27.8 Å². The van der Waals surface area contributed by atoms with Gasteiger partial charge < -0.3 is 0 Å². The number of hydrogen-bond acceptors (Lipinski definition) is 3. The van der Waals surface area contributed by atoms with Crippen LogP contribution in [0.2, 0.25) is 0 Å². The molecule has 0 bridgehead atoms. The van der Waals surface area contributed by atoms with Gasteiger partial charge >= 0.3 is 0 Å². The second-order valence-electron chi connectivity index (χ2n) is 12.2. The Kier molecular flexibility index (Phi) is 5.66. The zero-order valence-electron chi connectivity index (χ0n) is 25.7. The first kappa shape index (κ1) is 26.6. The second kappa shape index (κ2) is 10.2. The molecule has 0 fully saturated rings. The van der Waals surface area contributed by atoms with Gasteiger partial charge in [-0.05, 0) is 46.5 Å². The molecule has 0 atom stereocenters. The van der Waals surface area contributed by atoms with Crippen LogP contribution in [0.5, 0.6) is 0 Å². The lowest BCUT2D eigenvalue weighted by Gasteiger charge is -2.17. The SMILES string of the molecule is O=c1c2ccccc2c2ccc3c4c5ccccc5ccc4n(-c4nc(-c5ccccc5)c5ccccc5n4)c3c2n1-c1ccccc1. The van der Waals surface area contributed by atoms with Crippen molar-refractivity contribution in [3.63, 3.8) is 0 Å². The number of aromatic nitrogens is 4. The number of para-hydroxylation sites is 2. The molecule has 0 aliphatic rings. The van der Waals surface area contributed by atoms with E-state index in [9.17, 15) is 4.79 Å². The van der Waals surface area contributed by atoms with E-state index in [0.29, 0.717) is 11.3 Å². The van der Waals surface area contributed by atoms with Gasteiger partial charge in [0.2, 0.25) is 5.95 Å². The fourth-order valence-electron chi connectivity index (χ4n) is 7.44. The van der Waals surface area contributed by atoms with E-state index in [2.05, 4.69) is 71.3 Å². The number of fused-ring (bicyclic) bond motifs is 10. The molecule has 7 aromatic carbocycles. The lowest BCUT2D eigenvalue weighted by molar-refractivity contribution is 1.00. The Morgan fingerprint density at radius 1 is 0.438 bits per heavy atom. The first-order chi connectivity index (χ1) is 23.8. The normalized spacial score (nSPS) is 11.8. The summed E-state index contributed by atoms with van der Waals surface area (Å²) in [6.07, 6.45) is 0. The number of rotatable bonds is 3. The highest BCUT2D eigenvalue weighted by Gasteiger charge is 2.24. The van der Waals surface area contributed by atoms with Gasteiger partial charge in [-0.25, -0.2) is 9.97 Å². The maximum Gasteiger partial charge on any atom is 0.263 e. The maximum atomic E-state index is 14.6. The van der Waals surface area contributed by atoms with Crippen LogP contribution >= 0.6 is 0 Å². The van der Waals surface area contributed by atoms with E-state index in [1.165, 1.54) is 0 Å². The molecule has 0 N–H and O–H groups in total. The van der Waals surface area contributed by atoms with E-state index in [1.54, 1.807) is 0 Å². The molecule has 0 saturated heterocycles. The predicted molar refractivity (Wildman–Crippen MR) is 197 cm³/mol. The average Bonchev–Trinajstić information content (AvgIpc) is 3.50.